The van der Waals surface area contributed by atoms with Crippen molar-refractivity contribution < 1.29 is 14.6 Å². The fourth-order valence-electron chi connectivity index (χ4n) is 2.79. The van der Waals surface area contributed by atoms with E-state index in [0.717, 1.165) is 0 Å². The molecule has 0 aliphatic carbocycles. The molecule has 18 heavy (non-hydrogen) atoms. The van der Waals surface area contributed by atoms with Gasteiger partial charge < -0.3 is 14.7 Å². The summed E-state index contributed by atoms with van der Waals surface area (Å²) in [6, 6.07) is 2.37. The number of hydrogen-bond acceptors (Lipinski definition) is 5. The van der Waals surface area contributed by atoms with Gasteiger partial charge in [0.2, 0.25) is 0 Å². The van der Waals surface area contributed by atoms with E-state index in [1.54, 1.807) is 4.90 Å². The molecule has 2 rings (SSSR count). The Balaban J connectivity index is 2.05. The summed E-state index contributed by atoms with van der Waals surface area (Å²) in [5, 5.41) is 19.0. The Hall–Kier alpha value is -1.32. The van der Waals surface area contributed by atoms with Crippen molar-refractivity contribution in [2.45, 2.75) is 30.9 Å². The molecule has 1 amide bonds. The quantitative estimate of drug-likeness (QED) is 0.721. The van der Waals surface area contributed by atoms with Gasteiger partial charge in [0, 0.05) is 19.6 Å². The van der Waals surface area contributed by atoms with Gasteiger partial charge in [0.05, 0.1) is 25.8 Å². The van der Waals surface area contributed by atoms with Crippen LogP contribution in [0.15, 0.2) is 0 Å². The largest absolute Gasteiger partial charge is 0.453 e. The van der Waals surface area contributed by atoms with Gasteiger partial charge in [-0.3, -0.25) is 4.90 Å². The van der Waals surface area contributed by atoms with Crippen molar-refractivity contribution in [1.82, 2.24) is 9.80 Å². The Labute approximate surface area is 107 Å². The number of amides is 1. The van der Waals surface area contributed by atoms with Crippen LogP contribution in [-0.2, 0) is 4.74 Å². The minimum absolute atomic E-state index is 0.255. The number of nitrogens with zero attached hydrogens (tertiary/aromatic N) is 3. The molecule has 100 valence electrons. The summed E-state index contributed by atoms with van der Waals surface area (Å²) in [6.45, 7) is 2.37. The van der Waals surface area contributed by atoms with Crippen molar-refractivity contribution in [2.75, 3.05) is 33.3 Å². The zero-order valence-corrected chi connectivity index (χ0v) is 10.6. The molecule has 1 N–H and O–H groups in total. The van der Waals surface area contributed by atoms with E-state index in [1.165, 1.54) is 7.11 Å². The lowest BCUT2D eigenvalue weighted by Crippen LogP contribution is -2.53. The lowest BCUT2D eigenvalue weighted by atomic mass is 9.94. The van der Waals surface area contributed by atoms with Crippen LogP contribution in [0.3, 0.4) is 0 Å². The summed E-state index contributed by atoms with van der Waals surface area (Å²) in [7, 11) is 1.35. The lowest BCUT2D eigenvalue weighted by Gasteiger charge is -2.39. The van der Waals surface area contributed by atoms with Gasteiger partial charge in [-0.25, -0.2) is 4.79 Å². The molecule has 0 saturated carbocycles. The number of aliphatic hydroxyl groups excluding tert-OH is 1. The fraction of sp³-hybridized carbons (Fsp3) is 0.833. The molecule has 0 spiro atoms. The Morgan fingerprint density at radius 2 is 2.11 bits per heavy atom. The van der Waals surface area contributed by atoms with Crippen LogP contribution in [0.5, 0.6) is 0 Å². The second kappa shape index (κ2) is 5.12. The van der Waals surface area contributed by atoms with Crippen molar-refractivity contribution in [1.29, 1.82) is 5.26 Å². The van der Waals surface area contributed by atoms with E-state index in [0.29, 0.717) is 45.4 Å². The van der Waals surface area contributed by atoms with Gasteiger partial charge in [-0.2, -0.15) is 5.26 Å². The number of carbonyl (C=O) groups excluding carboxylic acids is 1. The van der Waals surface area contributed by atoms with E-state index in [4.69, 9.17) is 4.74 Å². The van der Waals surface area contributed by atoms with Gasteiger partial charge >= 0.3 is 6.09 Å². The van der Waals surface area contributed by atoms with Crippen molar-refractivity contribution in [3.05, 3.63) is 0 Å². The third kappa shape index (κ3) is 2.28. The van der Waals surface area contributed by atoms with E-state index < -0.39 is 5.54 Å². The molecule has 2 fully saturated rings. The first-order valence-electron chi connectivity index (χ1n) is 6.28. The van der Waals surface area contributed by atoms with Gasteiger partial charge in [0.15, 0.2) is 0 Å². The first-order valence-corrected chi connectivity index (χ1v) is 6.28. The van der Waals surface area contributed by atoms with Gasteiger partial charge in [0.1, 0.15) is 5.54 Å². The molecule has 6 heteroatoms. The van der Waals surface area contributed by atoms with Crippen LogP contribution in [0.1, 0.15) is 19.3 Å². The number of piperidine rings is 1. The molecule has 2 aliphatic rings. The van der Waals surface area contributed by atoms with E-state index >= 15 is 0 Å². The number of aliphatic hydroxyl groups is 1. The Kier molecular flexibility index (Phi) is 3.73. The standard InChI is InChI=1S/C12H19N3O3/c1-18-11(17)14-7-4-12(8-13,9-14)15-5-2-10(16)3-6-15/h10,16H,2-7,9H2,1H3. The Morgan fingerprint density at radius 1 is 1.44 bits per heavy atom. The average Bonchev–Trinajstić information content (AvgIpc) is 2.84. The molecule has 0 aromatic carbocycles. The zero-order chi connectivity index (χ0) is 13.2. The average molecular weight is 253 g/mol. The first-order chi connectivity index (χ1) is 8.61. The molecular formula is C12H19N3O3. The highest BCUT2D eigenvalue weighted by Crippen LogP contribution is 2.30. The third-order valence-corrected chi connectivity index (χ3v) is 3.96. The normalized spacial score (nSPS) is 30.2. The number of rotatable bonds is 1. The Bertz CT molecular complexity index is 360. The van der Waals surface area contributed by atoms with E-state index in [9.17, 15) is 15.2 Å². The first kappa shape index (κ1) is 13.1. The number of carbonyl (C=O) groups is 1. The number of likely N-dealkylation sites (tertiary alicyclic amines) is 2. The van der Waals surface area contributed by atoms with Crippen molar-refractivity contribution in [3.63, 3.8) is 0 Å². The number of methoxy groups -OCH3 is 1. The van der Waals surface area contributed by atoms with Crippen LogP contribution in [0.25, 0.3) is 0 Å². The minimum Gasteiger partial charge on any atom is -0.453 e. The van der Waals surface area contributed by atoms with Crippen molar-refractivity contribution in [2.24, 2.45) is 0 Å². The molecule has 2 aliphatic heterocycles. The predicted molar refractivity (Wildman–Crippen MR) is 63.8 cm³/mol. The van der Waals surface area contributed by atoms with Gasteiger partial charge in [-0.1, -0.05) is 0 Å². The van der Waals surface area contributed by atoms with Crippen molar-refractivity contribution in [3.8, 4) is 6.07 Å². The van der Waals surface area contributed by atoms with Gasteiger partial charge in [0.25, 0.3) is 0 Å². The van der Waals surface area contributed by atoms with E-state index in [2.05, 4.69) is 11.0 Å². The van der Waals surface area contributed by atoms with Crippen LogP contribution < -0.4 is 0 Å². The van der Waals surface area contributed by atoms with Gasteiger partial charge in [-0.05, 0) is 19.3 Å². The number of ether oxygens (including phenoxy) is 1. The number of hydrogen-bond donors (Lipinski definition) is 1. The SMILES string of the molecule is COC(=O)N1CCC(C#N)(N2CCC(O)CC2)C1. The predicted octanol–water partition coefficient (Wildman–Crippen LogP) is 0.178. The monoisotopic (exact) mass is 253 g/mol. The molecule has 2 saturated heterocycles. The van der Waals surface area contributed by atoms with Crippen molar-refractivity contribution >= 4 is 6.09 Å². The summed E-state index contributed by atoms with van der Waals surface area (Å²) in [6.07, 6.45) is 1.41. The molecule has 1 atom stereocenters. The van der Waals surface area contributed by atoms with Crippen LogP contribution in [-0.4, -0.2) is 65.9 Å². The smallest absolute Gasteiger partial charge is 0.409 e. The van der Waals surface area contributed by atoms with E-state index in [-0.39, 0.29) is 12.2 Å². The summed E-state index contributed by atoms with van der Waals surface area (Å²) >= 11 is 0. The van der Waals surface area contributed by atoms with Crippen LogP contribution in [0, 0.1) is 11.3 Å². The maximum absolute atomic E-state index is 11.5. The van der Waals surface area contributed by atoms with E-state index in [1.807, 2.05) is 0 Å². The third-order valence-electron chi connectivity index (χ3n) is 3.96. The van der Waals surface area contributed by atoms with Crippen LogP contribution >= 0.6 is 0 Å². The molecule has 0 aromatic rings. The lowest BCUT2D eigenvalue weighted by molar-refractivity contribution is 0.0402. The molecule has 0 radical (unpaired) electrons. The minimum atomic E-state index is -0.603. The highest BCUT2D eigenvalue weighted by atomic mass is 16.5. The zero-order valence-electron chi connectivity index (χ0n) is 10.6. The molecule has 0 aromatic heterocycles. The maximum Gasteiger partial charge on any atom is 0.409 e. The van der Waals surface area contributed by atoms with Gasteiger partial charge in [-0.15, -0.1) is 0 Å². The fourth-order valence-corrected chi connectivity index (χ4v) is 2.79. The Morgan fingerprint density at radius 3 is 2.67 bits per heavy atom. The molecular weight excluding hydrogens is 234 g/mol. The molecule has 6 nitrogen and oxygen atoms in total. The maximum atomic E-state index is 11.5. The second-order valence-electron chi connectivity index (χ2n) is 5.00. The summed E-state index contributed by atoms with van der Waals surface area (Å²) < 4.78 is 4.70. The topological polar surface area (TPSA) is 76.8 Å². The molecule has 0 bridgehead atoms. The molecule has 2 heterocycles. The van der Waals surface area contributed by atoms with Crippen LogP contribution in [0.2, 0.25) is 0 Å². The highest BCUT2D eigenvalue weighted by Gasteiger charge is 2.46. The summed E-state index contributed by atoms with van der Waals surface area (Å²) in [5.74, 6) is 0. The summed E-state index contributed by atoms with van der Waals surface area (Å²) in [4.78, 5) is 15.2. The summed E-state index contributed by atoms with van der Waals surface area (Å²) in [5.41, 5.74) is -0.603. The number of nitriles is 1. The highest BCUT2D eigenvalue weighted by molar-refractivity contribution is 5.68. The molecule has 1 unspecified atom stereocenters. The second-order valence-corrected chi connectivity index (χ2v) is 5.00. The van der Waals surface area contributed by atoms with Crippen LogP contribution in [0.4, 0.5) is 4.79 Å².